The van der Waals surface area contributed by atoms with Gasteiger partial charge in [0, 0.05) is 11.3 Å². The molecule has 0 spiro atoms. The van der Waals surface area contributed by atoms with Crippen LogP contribution in [0.3, 0.4) is 0 Å². The van der Waals surface area contributed by atoms with Gasteiger partial charge in [0.2, 0.25) is 0 Å². The number of rotatable bonds is 5. The predicted octanol–water partition coefficient (Wildman–Crippen LogP) is 4.43. The molecule has 0 aliphatic heterocycles. The van der Waals surface area contributed by atoms with E-state index in [0.29, 0.717) is 28.7 Å². The number of esters is 1. The molecule has 0 saturated heterocycles. The van der Waals surface area contributed by atoms with Crippen molar-refractivity contribution >= 4 is 44.8 Å². The van der Waals surface area contributed by atoms with Gasteiger partial charge in [-0.25, -0.2) is 14.8 Å². The maximum Gasteiger partial charge on any atom is 0.348 e. The van der Waals surface area contributed by atoms with Crippen molar-refractivity contribution in [2.75, 3.05) is 11.9 Å². The number of fused-ring (bicyclic) bond motifs is 1. The molecule has 0 saturated carbocycles. The van der Waals surface area contributed by atoms with Crippen LogP contribution in [0.4, 0.5) is 11.5 Å². The average molecular weight is 369 g/mol. The number of carbonyl (C=O) groups is 2. The van der Waals surface area contributed by atoms with Crippen molar-refractivity contribution in [2.24, 2.45) is 0 Å². The molecule has 0 amide bonds. The number of nitrogens with one attached hydrogen (secondary N) is 1. The molecule has 0 fully saturated rings. The number of carbonyl (C=O) groups excluding carboxylic acids is 2. The van der Waals surface area contributed by atoms with E-state index in [1.807, 2.05) is 26.0 Å². The molecule has 2 heterocycles. The molecule has 0 aliphatic carbocycles. The minimum atomic E-state index is -0.345. The maximum absolute atomic E-state index is 12.2. The molecule has 0 atom stereocenters. The van der Waals surface area contributed by atoms with E-state index < -0.39 is 0 Å². The molecule has 6 nitrogen and oxygen atoms in total. The Morgan fingerprint density at radius 2 is 1.85 bits per heavy atom. The molecule has 1 aromatic carbocycles. The highest BCUT2D eigenvalue weighted by molar-refractivity contribution is 7.20. The largest absolute Gasteiger partial charge is 0.462 e. The Bertz CT molecular complexity index is 993. The zero-order chi connectivity index (χ0) is 18.8. The fourth-order valence-electron chi connectivity index (χ4n) is 2.65. The zero-order valence-corrected chi connectivity index (χ0v) is 15.9. The number of anilines is 2. The Labute approximate surface area is 155 Å². The Morgan fingerprint density at radius 3 is 2.46 bits per heavy atom. The van der Waals surface area contributed by atoms with Gasteiger partial charge in [-0.2, -0.15) is 0 Å². The second kappa shape index (κ2) is 7.21. The molecular formula is C19H19N3O3S. The third kappa shape index (κ3) is 3.43. The summed E-state index contributed by atoms with van der Waals surface area (Å²) in [6, 6.07) is 7.18. The predicted molar refractivity (Wildman–Crippen MR) is 103 cm³/mol. The van der Waals surface area contributed by atoms with Crippen LogP contribution in [0.2, 0.25) is 0 Å². The summed E-state index contributed by atoms with van der Waals surface area (Å²) in [4.78, 5) is 33.8. The van der Waals surface area contributed by atoms with Gasteiger partial charge >= 0.3 is 5.97 Å². The first kappa shape index (κ1) is 18.0. The highest BCUT2D eigenvalue weighted by atomic mass is 32.1. The number of ketones is 1. The summed E-state index contributed by atoms with van der Waals surface area (Å²) >= 11 is 1.31. The molecule has 0 radical (unpaired) electrons. The first-order valence-electron chi connectivity index (χ1n) is 8.23. The van der Waals surface area contributed by atoms with Crippen LogP contribution in [-0.4, -0.2) is 28.3 Å². The number of thiophene rings is 1. The van der Waals surface area contributed by atoms with E-state index >= 15 is 0 Å². The van der Waals surface area contributed by atoms with Gasteiger partial charge in [-0.1, -0.05) is 0 Å². The standard InChI is InChI=1S/C19H19N3O3S/c1-5-25-19(24)16-10(2)15-17(20-12(4)21-18(15)26-16)22-14-8-6-13(7-9-14)11(3)23/h6-9H,5H2,1-4H3,(H,20,21,22). The second-order valence-electron chi connectivity index (χ2n) is 5.83. The minimum Gasteiger partial charge on any atom is -0.462 e. The number of ether oxygens (including phenoxy) is 1. The number of benzene rings is 1. The lowest BCUT2D eigenvalue weighted by Crippen LogP contribution is -2.04. The molecular weight excluding hydrogens is 350 g/mol. The molecule has 3 rings (SSSR count). The summed E-state index contributed by atoms with van der Waals surface area (Å²) in [6.07, 6.45) is 0. The average Bonchev–Trinajstić information content (AvgIpc) is 2.92. The first-order chi connectivity index (χ1) is 12.4. The lowest BCUT2D eigenvalue weighted by atomic mass is 10.1. The van der Waals surface area contributed by atoms with Crippen LogP contribution in [0.5, 0.6) is 0 Å². The van der Waals surface area contributed by atoms with Gasteiger partial charge in [-0.15, -0.1) is 11.3 Å². The van der Waals surface area contributed by atoms with Crippen LogP contribution in [0.25, 0.3) is 10.2 Å². The van der Waals surface area contributed by atoms with Gasteiger partial charge in [0.25, 0.3) is 0 Å². The molecule has 0 unspecified atom stereocenters. The monoisotopic (exact) mass is 369 g/mol. The Morgan fingerprint density at radius 1 is 1.15 bits per heavy atom. The van der Waals surface area contributed by atoms with E-state index in [1.165, 1.54) is 18.3 Å². The number of aryl methyl sites for hydroxylation is 2. The lowest BCUT2D eigenvalue weighted by molar-refractivity contribution is 0.0531. The Kier molecular flexibility index (Phi) is 4.99. The van der Waals surface area contributed by atoms with Crippen molar-refractivity contribution in [3.63, 3.8) is 0 Å². The SMILES string of the molecule is CCOC(=O)c1sc2nc(C)nc(Nc3ccc(C(C)=O)cc3)c2c1C. The summed E-state index contributed by atoms with van der Waals surface area (Å²) in [6.45, 7) is 7.31. The summed E-state index contributed by atoms with van der Waals surface area (Å²) < 4.78 is 5.13. The van der Waals surface area contributed by atoms with E-state index in [2.05, 4.69) is 15.3 Å². The highest BCUT2D eigenvalue weighted by Crippen LogP contribution is 2.35. The van der Waals surface area contributed by atoms with Crippen molar-refractivity contribution in [3.05, 3.63) is 46.1 Å². The summed E-state index contributed by atoms with van der Waals surface area (Å²) in [5.41, 5.74) is 2.25. The van der Waals surface area contributed by atoms with Gasteiger partial charge < -0.3 is 10.1 Å². The van der Waals surface area contributed by atoms with Gasteiger partial charge in [0.1, 0.15) is 21.3 Å². The molecule has 2 aromatic heterocycles. The molecule has 3 aromatic rings. The fourth-order valence-corrected chi connectivity index (χ4v) is 3.77. The van der Waals surface area contributed by atoms with E-state index in [0.717, 1.165) is 21.5 Å². The van der Waals surface area contributed by atoms with Crippen molar-refractivity contribution in [1.29, 1.82) is 0 Å². The molecule has 134 valence electrons. The first-order valence-corrected chi connectivity index (χ1v) is 9.05. The number of aromatic nitrogens is 2. The van der Waals surface area contributed by atoms with Gasteiger partial charge in [-0.05, 0) is 57.5 Å². The van der Waals surface area contributed by atoms with Gasteiger partial charge in [0.05, 0.1) is 12.0 Å². The highest BCUT2D eigenvalue weighted by Gasteiger charge is 2.21. The van der Waals surface area contributed by atoms with E-state index in [4.69, 9.17) is 4.74 Å². The van der Waals surface area contributed by atoms with Gasteiger partial charge in [0.15, 0.2) is 5.78 Å². The fraction of sp³-hybridized carbons (Fsp3) is 0.263. The zero-order valence-electron chi connectivity index (χ0n) is 15.0. The van der Waals surface area contributed by atoms with Crippen LogP contribution in [0, 0.1) is 13.8 Å². The van der Waals surface area contributed by atoms with Crippen molar-refractivity contribution in [3.8, 4) is 0 Å². The topological polar surface area (TPSA) is 81.2 Å². The Balaban J connectivity index is 2.04. The van der Waals surface area contributed by atoms with E-state index in [9.17, 15) is 9.59 Å². The van der Waals surface area contributed by atoms with Crippen molar-refractivity contribution < 1.29 is 14.3 Å². The number of Topliss-reactive ketones (excluding diaryl/α,β-unsaturated/α-hetero) is 1. The molecule has 0 aliphatic rings. The Hall–Kier alpha value is -2.80. The number of nitrogens with zero attached hydrogens (tertiary/aromatic N) is 2. The van der Waals surface area contributed by atoms with Crippen LogP contribution in [-0.2, 0) is 4.74 Å². The third-order valence-electron chi connectivity index (χ3n) is 3.92. The van der Waals surface area contributed by atoms with E-state index in [-0.39, 0.29) is 11.8 Å². The van der Waals surface area contributed by atoms with Crippen LogP contribution in [0.15, 0.2) is 24.3 Å². The van der Waals surface area contributed by atoms with Crippen LogP contribution >= 0.6 is 11.3 Å². The number of hydrogen-bond acceptors (Lipinski definition) is 7. The molecule has 1 N–H and O–H groups in total. The number of hydrogen-bond donors (Lipinski definition) is 1. The molecule has 0 bridgehead atoms. The quantitative estimate of drug-likeness (QED) is 0.529. The summed E-state index contributed by atoms with van der Waals surface area (Å²) in [5.74, 6) is 0.913. The van der Waals surface area contributed by atoms with Crippen LogP contribution < -0.4 is 5.32 Å². The van der Waals surface area contributed by atoms with E-state index in [1.54, 1.807) is 19.1 Å². The second-order valence-corrected chi connectivity index (χ2v) is 6.83. The summed E-state index contributed by atoms with van der Waals surface area (Å²) in [7, 11) is 0. The smallest absolute Gasteiger partial charge is 0.348 e. The van der Waals surface area contributed by atoms with Gasteiger partial charge in [-0.3, -0.25) is 4.79 Å². The molecule has 7 heteroatoms. The lowest BCUT2D eigenvalue weighted by Gasteiger charge is -2.09. The normalized spacial score (nSPS) is 10.8. The third-order valence-corrected chi connectivity index (χ3v) is 5.08. The van der Waals surface area contributed by atoms with Crippen molar-refractivity contribution in [1.82, 2.24) is 9.97 Å². The molecule has 26 heavy (non-hydrogen) atoms. The van der Waals surface area contributed by atoms with Crippen LogP contribution in [0.1, 0.15) is 45.3 Å². The minimum absolute atomic E-state index is 0.0181. The van der Waals surface area contributed by atoms with Crippen molar-refractivity contribution in [2.45, 2.75) is 27.7 Å². The maximum atomic E-state index is 12.2. The summed E-state index contributed by atoms with van der Waals surface area (Å²) in [5, 5.41) is 4.08.